The van der Waals surface area contributed by atoms with E-state index in [0.29, 0.717) is 0 Å². The van der Waals surface area contributed by atoms with Crippen LogP contribution in [0.2, 0.25) is 0 Å². The SMILES string of the molecule is Br.Br.NCCCCCc1cnc[nH]1. The summed E-state index contributed by atoms with van der Waals surface area (Å²) >= 11 is 0. The molecule has 0 atom stereocenters. The van der Waals surface area contributed by atoms with E-state index in [1.807, 2.05) is 6.20 Å². The third-order valence-corrected chi connectivity index (χ3v) is 1.71. The zero-order valence-corrected chi connectivity index (χ0v) is 11.0. The van der Waals surface area contributed by atoms with Crippen molar-refractivity contribution in [1.82, 2.24) is 9.97 Å². The van der Waals surface area contributed by atoms with E-state index < -0.39 is 0 Å². The number of nitrogens with one attached hydrogen (secondary N) is 1. The molecular formula is C8H17Br2N3. The summed E-state index contributed by atoms with van der Waals surface area (Å²) in [4.78, 5) is 7.01. The maximum Gasteiger partial charge on any atom is 0.0921 e. The number of imidazole rings is 1. The van der Waals surface area contributed by atoms with Crippen molar-refractivity contribution in [2.45, 2.75) is 25.7 Å². The van der Waals surface area contributed by atoms with E-state index in [-0.39, 0.29) is 34.0 Å². The molecule has 1 heterocycles. The summed E-state index contributed by atoms with van der Waals surface area (Å²) < 4.78 is 0. The highest BCUT2D eigenvalue weighted by Crippen LogP contribution is 2.01. The number of rotatable bonds is 5. The molecule has 0 amide bonds. The van der Waals surface area contributed by atoms with Crippen LogP contribution in [0.25, 0.3) is 0 Å². The first kappa shape index (κ1) is 15.6. The van der Waals surface area contributed by atoms with Crippen molar-refractivity contribution in [3.8, 4) is 0 Å². The Labute approximate surface area is 100 Å². The number of H-pyrrole nitrogens is 1. The number of aromatic nitrogens is 2. The molecule has 0 bridgehead atoms. The minimum atomic E-state index is 0. The molecule has 0 saturated carbocycles. The summed E-state index contributed by atoms with van der Waals surface area (Å²) in [6.45, 7) is 0.809. The van der Waals surface area contributed by atoms with Crippen molar-refractivity contribution in [3.63, 3.8) is 0 Å². The van der Waals surface area contributed by atoms with Gasteiger partial charge in [-0.25, -0.2) is 4.98 Å². The number of nitrogens with two attached hydrogens (primary N) is 1. The zero-order valence-electron chi connectivity index (χ0n) is 7.53. The van der Waals surface area contributed by atoms with Crippen LogP contribution in [0, 0.1) is 0 Å². The molecule has 0 aliphatic carbocycles. The van der Waals surface area contributed by atoms with Gasteiger partial charge in [0.1, 0.15) is 0 Å². The van der Waals surface area contributed by atoms with Crippen LogP contribution in [0.15, 0.2) is 12.5 Å². The molecule has 13 heavy (non-hydrogen) atoms. The number of aromatic amines is 1. The summed E-state index contributed by atoms with van der Waals surface area (Å²) in [7, 11) is 0. The highest BCUT2D eigenvalue weighted by atomic mass is 79.9. The number of nitrogens with zero attached hydrogens (tertiary/aromatic N) is 1. The molecule has 1 rings (SSSR count). The Morgan fingerprint density at radius 1 is 1.23 bits per heavy atom. The van der Waals surface area contributed by atoms with Gasteiger partial charge < -0.3 is 10.7 Å². The van der Waals surface area contributed by atoms with Gasteiger partial charge >= 0.3 is 0 Å². The van der Waals surface area contributed by atoms with E-state index in [1.54, 1.807) is 6.33 Å². The number of hydrogen-bond donors (Lipinski definition) is 2. The number of halogens is 2. The van der Waals surface area contributed by atoms with Crippen LogP contribution in [-0.2, 0) is 6.42 Å². The first-order valence-electron chi connectivity index (χ1n) is 4.11. The Morgan fingerprint density at radius 3 is 2.54 bits per heavy atom. The van der Waals surface area contributed by atoms with Gasteiger partial charge in [-0.15, -0.1) is 34.0 Å². The van der Waals surface area contributed by atoms with Gasteiger partial charge in [0.2, 0.25) is 0 Å². The molecule has 5 heteroatoms. The summed E-state index contributed by atoms with van der Waals surface area (Å²) in [5.41, 5.74) is 6.59. The fraction of sp³-hybridized carbons (Fsp3) is 0.625. The van der Waals surface area contributed by atoms with Crippen molar-refractivity contribution in [3.05, 3.63) is 18.2 Å². The monoisotopic (exact) mass is 313 g/mol. The lowest BCUT2D eigenvalue weighted by atomic mass is 10.1. The van der Waals surface area contributed by atoms with E-state index in [0.717, 1.165) is 19.4 Å². The Morgan fingerprint density at radius 2 is 2.00 bits per heavy atom. The predicted molar refractivity (Wildman–Crippen MR) is 65.8 cm³/mol. The van der Waals surface area contributed by atoms with E-state index >= 15 is 0 Å². The molecule has 0 radical (unpaired) electrons. The minimum Gasteiger partial charge on any atom is -0.348 e. The van der Waals surface area contributed by atoms with Crippen molar-refractivity contribution in [2.75, 3.05) is 6.54 Å². The van der Waals surface area contributed by atoms with Crippen molar-refractivity contribution in [2.24, 2.45) is 5.73 Å². The second-order valence-electron chi connectivity index (χ2n) is 2.68. The standard InChI is InChI=1S/C8H15N3.2BrH/c9-5-3-1-2-4-8-6-10-7-11-8;;/h6-7H,1-5,9H2,(H,10,11);2*1H. The first-order chi connectivity index (χ1) is 5.43. The second kappa shape index (κ2) is 10.2. The molecule has 0 aromatic carbocycles. The smallest absolute Gasteiger partial charge is 0.0921 e. The molecule has 1 aromatic heterocycles. The lowest BCUT2D eigenvalue weighted by Gasteiger charge is -1.95. The Bertz CT molecular complexity index is 178. The third kappa shape index (κ3) is 7.22. The second-order valence-corrected chi connectivity index (χ2v) is 2.68. The molecule has 3 nitrogen and oxygen atoms in total. The van der Waals surface area contributed by atoms with Gasteiger partial charge in [-0.1, -0.05) is 6.42 Å². The van der Waals surface area contributed by atoms with Crippen LogP contribution in [0.4, 0.5) is 0 Å². The molecule has 0 spiro atoms. The Balaban J connectivity index is 0. The molecule has 0 aliphatic heterocycles. The van der Waals surface area contributed by atoms with Crippen molar-refractivity contribution >= 4 is 34.0 Å². The van der Waals surface area contributed by atoms with Crippen LogP contribution in [0.5, 0.6) is 0 Å². The van der Waals surface area contributed by atoms with Crippen LogP contribution in [-0.4, -0.2) is 16.5 Å². The van der Waals surface area contributed by atoms with Gasteiger partial charge in [-0.2, -0.15) is 0 Å². The number of unbranched alkanes of at least 4 members (excludes halogenated alkanes) is 2. The summed E-state index contributed by atoms with van der Waals surface area (Å²) in [6.07, 6.45) is 8.25. The Hall–Kier alpha value is 0.130. The lowest BCUT2D eigenvalue weighted by molar-refractivity contribution is 0.680. The third-order valence-electron chi connectivity index (χ3n) is 1.71. The maximum atomic E-state index is 5.37. The van der Waals surface area contributed by atoms with Crippen molar-refractivity contribution < 1.29 is 0 Å². The van der Waals surface area contributed by atoms with Crippen molar-refractivity contribution in [1.29, 1.82) is 0 Å². The zero-order chi connectivity index (χ0) is 7.94. The molecule has 0 saturated heterocycles. The summed E-state index contributed by atoms with van der Waals surface area (Å²) in [5, 5.41) is 0. The fourth-order valence-corrected chi connectivity index (χ4v) is 1.06. The summed E-state index contributed by atoms with van der Waals surface area (Å²) in [5.74, 6) is 0. The van der Waals surface area contributed by atoms with Gasteiger partial charge in [0.25, 0.3) is 0 Å². The fourth-order valence-electron chi connectivity index (χ4n) is 1.06. The normalized spacial score (nSPS) is 8.69. The molecule has 0 aliphatic rings. The van der Waals surface area contributed by atoms with Crippen LogP contribution in [0.1, 0.15) is 25.0 Å². The molecule has 3 N–H and O–H groups in total. The number of hydrogen-bond acceptors (Lipinski definition) is 2. The highest BCUT2D eigenvalue weighted by Gasteiger charge is 1.92. The highest BCUT2D eigenvalue weighted by molar-refractivity contribution is 8.93. The van der Waals surface area contributed by atoms with E-state index in [4.69, 9.17) is 5.73 Å². The van der Waals surface area contributed by atoms with Gasteiger partial charge in [0.15, 0.2) is 0 Å². The Kier molecular flexibility index (Phi) is 12.3. The van der Waals surface area contributed by atoms with E-state index in [9.17, 15) is 0 Å². The average molecular weight is 315 g/mol. The van der Waals surface area contributed by atoms with Gasteiger partial charge in [-0.05, 0) is 25.8 Å². The summed E-state index contributed by atoms with van der Waals surface area (Å²) in [6, 6.07) is 0. The lowest BCUT2D eigenvalue weighted by Crippen LogP contribution is -1.98. The molecular weight excluding hydrogens is 298 g/mol. The number of aryl methyl sites for hydroxylation is 1. The molecule has 0 fully saturated rings. The van der Waals surface area contributed by atoms with Gasteiger partial charge in [-0.3, -0.25) is 0 Å². The van der Waals surface area contributed by atoms with Crippen LogP contribution >= 0.6 is 34.0 Å². The van der Waals surface area contributed by atoms with Crippen LogP contribution < -0.4 is 5.73 Å². The average Bonchev–Trinajstić information content (AvgIpc) is 2.50. The predicted octanol–water partition coefficient (Wildman–Crippen LogP) is 2.24. The molecule has 1 aromatic rings. The van der Waals surface area contributed by atoms with Gasteiger partial charge in [0, 0.05) is 11.9 Å². The molecule has 78 valence electrons. The quantitative estimate of drug-likeness (QED) is 0.819. The van der Waals surface area contributed by atoms with E-state index in [1.165, 1.54) is 18.5 Å². The topological polar surface area (TPSA) is 54.7 Å². The van der Waals surface area contributed by atoms with E-state index in [2.05, 4.69) is 9.97 Å². The van der Waals surface area contributed by atoms with Gasteiger partial charge in [0.05, 0.1) is 6.33 Å². The minimum absolute atomic E-state index is 0. The largest absolute Gasteiger partial charge is 0.348 e. The van der Waals surface area contributed by atoms with Crippen LogP contribution in [0.3, 0.4) is 0 Å². The first-order valence-corrected chi connectivity index (χ1v) is 4.11. The maximum absolute atomic E-state index is 5.37. The molecule has 0 unspecified atom stereocenters.